The second kappa shape index (κ2) is 10.6. The monoisotopic (exact) mass is 522 g/mol. The van der Waals surface area contributed by atoms with Gasteiger partial charge in [0.15, 0.2) is 11.6 Å². The summed E-state index contributed by atoms with van der Waals surface area (Å²) in [5.74, 6) is -0.472. The Labute approximate surface area is 214 Å². The van der Waals surface area contributed by atoms with E-state index in [4.69, 9.17) is 23.2 Å². The van der Waals surface area contributed by atoms with Gasteiger partial charge in [0.25, 0.3) is 0 Å². The lowest BCUT2D eigenvalue weighted by Gasteiger charge is -2.14. The van der Waals surface area contributed by atoms with Crippen LogP contribution in [0.1, 0.15) is 31.8 Å². The minimum absolute atomic E-state index is 0.0399. The molecule has 4 aromatic carbocycles. The molecule has 176 valence electrons. The Morgan fingerprint density at radius 1 is 0.571 bits per heavy atom. The van der Waals surface area contributed by atoms with Crippen LogP contribution in [0, 0.1) is 0 Å². The number of benzene rings is 4. The van der Waals surface area contributed by atoms with Crippen LogP contribution >= 0.6 is 23.2 Å². The van der Waals surface area contributed by atoms with Crippen molar-refractivity contribution in [2.24, 2.45) is 0 Å². The molecule has 4 nitrogen and oxygen atoms in total. The summed E-state index contributed by atoms with van der Waals surface area (Å²) in [5.41, 5.74) is 1.50. The maximum Gasteiger partial charge on any atom is 0.207 e. The third-order valence-electron chi connectivity index (χ3n) is 5.52. The van der Waals surface area contributed by atoms with E-state index in [9.17, 15) is 18.0 Å². The van der Waals surface area contributed by atoms with Gasteiger partial charge in [0.1, 0.15) is 0 Å². The highest BCUT2D eigenvalue weighted by Gasteiger charge is 2.26. The second-order valence-electron chi connectivity index (χ2n) is 7.94. The third kappa shape index (κ3) is 5.70. The first kappa shape index (κ1) is 24.9. The first-order chi connectivity index (χ1) is 16.8. The zero-order valence-corrected chi connectivity index (χ0v) is 20.8. The Bertz CT molecular complexity index is 1390. The van der Waals surface area contributed by atoms with E-state index in [-0.39, 0.29) is 45.3 Å². The molecule has 0 aliphatic rings. The highest BCUT2D eigenvalue weighted by atomic mass is 35.5. The lowest BCUT2D eigenvalue weighted by molar-refractivity contribution is 0.0984. The fourth-order valence-electron chi connectivity index (χ4n) is 3.81. The van der Waals surface area contributed by atoms with Crippen molar-refractivity contribution < 1.29 is 18.0 Å². The molecular formula is C28H20Cl2O4S. The molecule has 0 N–H and O–H groups in total. The molecule has 35 heavy (non-hydrogen) atoms. The minimum Gasteiger partial charge on any atom is -0.294 e. The maximum atomic E-state index is 13.8. The summed E-state index contributed by atoms with van der Waals surface area (Å²) in [5, 5.41) is 0.630. The van der Waals surface area contributed by atoms with Crippen molar-refractivity contribution in [3.05, 3.63) is 129 Å². The minimum atomic E-state index is -4.11. The molecule has 0 amide bonds. The van der Waals surface area contributed by atoms with Crippen LogP contribution in [0.25, 0.3) is 0 Å². The van der Waals surface area contributed by atoms with E-state index in [0.717, 1.165) is 0 Å². The molecule has 0 aliphatic heterocycles. The van der Waals surface area contributed by atoms with Crippen molar-refractivity contribution in [2.45, 2.75) is 22.6 Å². The largest absolute Gasteiger partial charge is 0.294 e. The van der Waals surface area contributed by atoms with Crippen LogP contribution < -0.4 is 0 Å². The van der Waals surface area contributed by atoms with Crippen LogP contribution in [0.3, 0.4) is 0 Å². The lowest BCUT2D eigenvalue weighted by atomic mass is 10.0. The molecule has 0 aliphatic carbocycles. The molecule has 0 bridgehead atoms. The second-order valence-corrected chi connectivity index (χ2v) is 10.7. The van der Waals surface area contributed by atoms with Gasteiger partial charge in [-0.3, -0.25) is 9.59 Å². The number of carbonyl (C=O) groups excluding carboxylic acids is 2. The number of hydrogen-bond donors (Lipinski definition) is 0. The van der Waals surface area contributed by atoms with Gasteiger partial charge < -0.3 is 0 Å². The predicted molar refractivity (Wildman–Crippen MR) is 137 cm³/mol. The zero-order chi connectivity index (χ0) is 25.0. The highest BCUT2D eigenvalue weighted by Crippen LogP contribution is 2.31. The fraction of sp³-hybridized carbons (Fsp3) is 0.0714. The van der Waals surface area contributed by atoms with Gasteiger partial charge in [0.2, 0.25) is 9.84 Å². The molecule has 0 aromatic heterocycles. The summed E-state index contributed by atoms with van der Waals surface area (Å²) in [6, 6.07) is 26.0. The predicted octanol–water partition coefficient (Wildman–Crippen LogP) is 6.68. The Morgan fingerprint density at radius 3 is 1.31 bits per heavy atom. The first-order valence-corrected chi connectivity index (χ1v) is 13.0. The van der Waals surface area contributed by atoms with Crippen molar-refractivity contribution in [2.75, 3.05) is 0 Å². The van der Waals surface area contributed by atoms with Crippen molar-refractivity contribution in [3.63, 3.8) is 0 Å². The Morgan fingerprint density at radius 2 is 0.943 bits per heavy atom. The van der Waals surface area contributed by atoms with Crippen molar-refractivity contribution >= 4 is 44.6 Å². The summed E-state index contributed by atoms with van der Waals surface area (Å²) in [4.78, 5) is 25.6. The molecule has 0 atom stereocenters. The van der Waals surface area contributed by atoms with E-state index < -0.39 is 9.84 Å². The van der Waals surface area contributed by atoms with E-state index in [1.54, 1.807) is 60.7 Å². The van der Waals surface area contributed by atoms with Crippen LogP contribution in [0.4, 0.5) is 0 Å². The van der Waals surface area contributed by atoms with E-state index >= 15 is 0 Å². The normalized spacial score (nSPS) is 11.3. The number of hydrogen-bond acceptors (Lipinski definition) is 4. The molecule has 0 saturated carbocycles. The van der Waals surface area contributed by atoms with Crippen molar-refractivity contribution in [1.82, 2.24) is 0 Å². The quantitative estimate of drug-likeness (QED) is 0.242. The van der Waals surface area contributed by atoms with Gasteiger partial charge in [-0.25, -0.2) is 8.42 Å². The van der Waals surface area contributed by atoms with Crippen LogP contribution in [-0.4, -0.2) is 20.0 Å². The summed E-state index contributed by atoms with van der Waals surface area (Å²) in [6.45, 7) is 0. The van der Waals surface area contributed by atoms with Crippen LogP contribution in [0.15, 0.2) is 107 Å². The van der Waals surface area contributed by atoms with Crippen molar-refractivity contribution in [1.29, 1.82) is 0 Å². The molecular weight excluding hydrogens is 503 g/mol. The smallest absolute Gasteiger partial charge is 0.207 e. The summed E-state index contributed by atoms with van der Waals surface area (Å²) in [7, 11) is -4.11. The molecule has 0 spiro atoms. The average molecular weight is 523 g/mol. The van der Waals surface area contributed by atoms with Gasteiger partial charge in [-0.2, -0.15) is 0 Å². The van der Waals surface area contributed by atoms with Crippen LogP contribution in [0.5, 0.6) is 0 Å². The maximum absolute atomic E-state index is 13.8. The molecule has 0 radical (unpaired) electrons. The average Bonchev–Trinajstić information content (AvgIpc) is 2.85. The van der Waals surface area contributed by atoms with Gasteiger partial charge in [-0.1, -0.05) is 83.9 Å². The Balaban J connectivity index is 1.75. The number of halogens is 2. The fourth-order valence-corrected chi connectivity index (χ4v) is 5.89. The Kier molecular flexibility index (Phi) is 7.51. The molecule has 0 fully saturated rings. The van der Waals surface area contributed by atoms with Gasteiger partial charge in [0.05, 0.1) is 9.79 Å². The van der Waals surface area contributed by atoms with Gasteiger partial charge in [-0.15, -0.1) is 0 Å². The standard InChI is InChI=1S/C28H20Cl2O4S/c29-23-11-13-27(21(15-23)17-25(31)19-7-3-1-4-8-19)35(33,34)28-14-12-24(30)16-22(28)18-26(32)20-9-5-2-6-10-20/h1-16H,17-18H2. The molecule has 0 unspecified atom stereocenters. The summed E-state index contributed by atoms with van der Waals surface area (Å²) in [6.07, 6.45) is -0.296. The number of rotatable bonds is 8. The zero-order valence-electron chi connectivity index (χ0n) is 18.4. The number of carbonyl (C=O) groups is 2. The molecule has 4 aromatic rings. The number of sulfone groups is 1. The third-order valence-corrected chi connectivity index (χ3v) is 7.94. The lowest BCUT2D eigenvalue weighted by Crippen LogP contribution is -2.13. The Hall–Kier alpha value is -3.25. The summed E-state index contributed by atoms with van der Waals surface area (Å²) < 4.78 is 27.7. The van der Waals surface area contributed by atoms with E-state index in [1.165, 1.54) is 36.4 Å². The molecule has 4 rings (SSSR count). The SMILES string of the molecule is O=C(Cc1cc(Cl)ccc1S(=O)(=O)c1ccc(Cl)cc1CC(=O)c1ccccc1)c1ccccc1. The van der Waals surface area contributed by atoms with Gasteiger partial charge in [-0.05, 0) is 47.5 Å². The van der Waals surface area contributed by atoms with Crippen LogP contribution in [0.2, 0.25) is 10.0 Å². The summed E-state index contributed by atoms with van der Waals surface area (Å²) >= 11 is 12.3. The highest BCUT2D eigenvalue weighted by molar-refractivity contribution is 7.91. The van der Waals surface area contributed by atoms with Gasteiger partial charge in [0, 0.05) is 34.0 Å². The van der Waals surface area contributed by atoms with Crippen molar-refractivity contribution in [3.8, 4) is 0 Å². The molecule has 0 heterocycles. The van der Waals surface area contributed by atoms with E-state index in [0.29, 0.717) is 21.2 Å². The topological polar surface area (TPSA) is 68.3 Å². The van der Waals surface area contributed by atoms with E-state index in [2.05, 4.69) is 0 Å². The van der Waals surface area contributed by atoms with Gasteiger partial charge >= 0.3 is 0 Å². The number of ketones is 2. The van der Waals surface area contributed by atoms with E-state index in [1.807, 2.05) is 0 Å². The number of Topliss-reactive ketones (excluding diaryl/α,β-unsaturated/α-hetero) is 2. The molecule has 0 saturated heterocycles. The van der Waals surface area contributed by atoms with Crippen LogP contribution in [-0.2, 0) is 22.7 Å². The first-order valence-electron chi connectivity index (χ1n) is 10.7. The molecule has 7 heteroatoms.